The number of sulfonamides is 2. The number of nitrogens with two attached hydrogens (primary N) is 1. The lowest BCUT2D eigenvalue weighted by atomic mass is 9.77. The number of aliphatic imine (C=N–C) groups is 1. The van der Waals surface area contributed by atoms with Crippen LogP contribution in [0.25, 0.3) is 0 Å². The van der Waals surface area contributed by atoms with Gasteiger partial charge in [0, 0.05) is 44.5 Å². The van der Waals surface area contributed by atoms with Gasteiger partial charge in [-0.3, -0.25) is 14.8 Å². The fraction of sp³-hybridized carbons (Fsp3) is 0.333. The Bertz CT molecular complexity index is 1790. The molecule has 0 radical (unpaired) electrons. The van der Waals surface area contributed by atoms with Crippen molar-refractivity contribution in [2.45, 2.75) is 35.8 Å². The van der Waals surface area contributed by atoms with Crippen LogP contribution >= 0.6 is 0 Å². The number of nitrogens with zero attached hydrogens (tertiary/aromatic N) is 5. The van der Waals surface area contributed by atoms with Crippen LogP contribution in [-0.2, 0) is 37.8 Å². The third kappa shape index (κ3) is 4.84. The van der Waals surface area contributed by atoms with E-state index in [1.807, 2.05) is 0 Å². The highest BCUT2D eigenvalue weighted by Gasteiger charge is 2.67. The molecule has 5 rings (SSSR count). The van der Waals surface area contributed by atoms with E-state index in [0.717, 1.165) is 26.9 Å². The Morgan fingerprint density at radius 3 is 2.55 bits per heavy atom. The van der Waals surface area contributed by atoms with Crippen molar-refractivity contribution in [1.82, 2.24) is 18.6 Å². The quantitative estimate of drug-likeness (QED) is 0.394. The molecule has 222 valence electrons. The highest BCUT2D eigenvalue weighted by molar-refractivity contribution is 7.91. The van der Waals surface area contributed by atoms with E-state index in [1.165, 1.54) is 44.6 Å². The fourth-order valence-electron chi connectivity index (χ4n) is 5.59. The third-order valence-electron chi connectivity index (χ3n) is 8.00. The van der Waals surface area contributed by atoms with Crippen molar-refractivity contribution in [3.05, 3.63) is 95.1 Å². The smallest absolute Gasteiger partial charge is 0.247 e. The molecule has 2 atom stereocenters. The number of aromatic nitrogens is 2. The maximum Gasteiger partial charge on any atom is 0.247 e. The maximum absolute atomic E-state index is 15.6. The summed E-state index contributed by atoms with van der Waals surface area (Å²) >= 11 is 0. The summed E-state index contributed by atoms with van der Waals surface area (Å²) in [7, 11) is -7.19. The lowest BCUT2D eigenvalue weighted by Gasteiger charge is -2.48. The molecule has 3 aromatic rings. The topological polar surface area (TPSA) is 156 Å². The minimum atomic E-state index is -4.39. The van der Waals surface area contributed by atoms with Gasteiger partial charge in [0.1, 0.15) is 27.6 Å². The van der Waals surface area contributed by atoms with Gasteiger partial charge in [-0.05, 0) is 54.8 Å². The number of hydrogen-bond acceptors (Lipinski definition) is 9. The summed E-state index contributed by atoms with van der Waals surface area (Å²) in [5.41, 5.74) is 4.75. The largest absolute Gasteiger partial charge is 0.369 e. The molecule has 11 nitrogen and oxygen atoms in total. The SMILES string of the molecule is CN1C(N)=N[C@](C)(c2cc(CC(=O)c3ccc(F)cn3)ccc2F)[C@]2(CCN(S(=O)(=O)Cc3cccnc3)C2)S1(=O)=O. The first kappa shape index (κ1) is 29.7. The number of guanidine groups is 1. The Balaban J connectivity index is 1.57. The van der Waals surface area contributed by atoms with E-state index in [9.17, 15) is 26.0 Å². The summed E-state index contributed by atoms with van der Waals surface area (Å²) in [5, 5.41) is 0. The molecule has 1 aromatic carbocycles. The van der Waals surface area contributed by atoms with Crippen LogP contribution in [0.4, 0.5) is 8.78 Å². The summed E-state index contributed by atoms with van der Waals surface area (Å²) in [5.74, 6) is -2.68. The minimum Gasteiger partial charge on any atom is -0.369 e. The van der Waals surface area contributed by atoms with Crippen LogP contribution in [0.2, 0.25) is 0 Å². The molecule has 0 amide bonds. The standard InChI is InChI=1S/C27H28F2N6O5S2/c1-26(21-12-18(5-7-22(21)29)13-24(36)23-8-6-20(28)15-32-23)27(42(39,40)34(2)25(30)33-26)9-11-35(17-27)41(37,38)16-19-4-3-10-31-14-19/h3-8,10,12,14-15H,9,11,13,16-17H2,1-2H3,(H2,30,33)/t26-,27-/m1/s1. The minimum absolute atomic E-state index is 0.000603. The molecule has 1 saturated heterocycles. The molecule has 2 aromatic heterocycles. The van der Waals surface area contributed by atoms with Crippen molar-refractivity contribution >= 4 is 31.8 Å². The van der Waals surface area contributed by atoms with Gasteiger partial charge in [-0.15, -0.1) is 0 Å². The molecule has 0 saturated carbocycles. The van der Waals surface area contributed by atoms with Crippen LogP contribution in [0.15, 0.2) is 66.0 Å². The van der Waals surface area contributed by atoms with E-state index in [-0.39, 0.29) is 30.6 Å². The van der Waals surface area contributed by atoms with Gasteiger partial charge in [0.2, 0.25) is 26.0 Å². The van der Waals surface area contributed by atoms with Crippen molar-refractivity contribution in [2.75, 3.05) is 20.1 Å². The zero-order valence-corrected chi connectivity index (χ0v) is 24.4. The van der Waals surface area contributed by atoms with Gasteiger partial charge in [-0.25, -0.2) is 34.9 Å². The number of benzene rings is 1. The predicted octanol–water partition coefficient (Wildman–Crippen LogP) is 1.96. The Morgan fingerprint density at radius 2 is 1.88 bits per heavy atom. The van der Waals surface area contributed by atoms with Gasteiger partial charge < -0.3 is 5.73 Å². The van der Waals surface area contributed by atoms with Crippen molar-refractivity contribution in [3.8, 4) is 0 Å². The summed E-state index contributed by atoms with van der Waals surface area (Å²) in [6, 6.07) is 9.31. The lowest BCUT2D eigenvalue weighted by molar-refractivity contribution is 0.0988. The maximum atomic E-state index is 15.6. The molecule has 1 spiro atoms. The molecular weight excluding hydrogens is 590 g/mol. The van der Waals surface area contributed by atoms with Crippen molar-refractivity contribution in [3.63, 3.8) is 0 Å². The van der Waals surface area contributed by atoms with Gasteiger partial charge in [0.05, 0.1) is 11.9 Å². The Morgan fingerprint density at radius 1 is 1.12 bits per heavy atom. The van der Waals surface area contributed by atoms with Crippen molar-refractivity contribution < 1.29 is 30.4 Å². The normalized spacial score (nSPS) is 24.1. The lowest BCUT2D eigenvalue weighted by Crippen LogP contribution is -2.66. The molecule has 42 heavy (non-hydrogen) atoms. The van der Waals surface area contributed by atoms with E-state index in [4.69, 9.17) is 5.73 Å². The van der Waals surface area contributed by atoms with E-state index in [1.54, 1.807) is 12.1 Å². The first-order valence-electron chi connectivity index (χ1n) is 12.8. The molecule has 0 aliphatic carbocycles. The zero-order valence-electron chi connectivity index (χ0n) is 22.7. The van der Waals surface area contributed by atoms with Crippen LogP contribution in [0.5, 0.6) is 0 Å². The number of carbonyl (C=O) groups is 1. The van der Waals surface area contributed by atoms with Gasteiger partial charge in [0.25, 0.3) is 0 Å². The van der Waals surface area contributed by atoms with Crippen molar-refractivity contribution in [1.29, 1.82) is 0 Å². The number of rotatable bonds is 7. The summed E-state index contributed by atoms with van der Waals surface area (Å²) in [6.45, 7) is 0.752. The number of hydrogen-bond donors (Lipinski definition) is 1. The molecule has 4 heterocycles. The number of halogens is 2. The van der Waals surface area contributed by atoms with Crippen LogP contribution in [0, 0.1) is 11.6 Å². The van der Waals surface area contributed by atoms with Crippen LogP contribution in [0.1, 0.15) is 40.5 Å². The van der Waals surface area contributed by atoms with Gasteiger partial charge in [-0.1, -0.05) is 12.1 Å². The van der Waals surface area contributed by atoms with Gasteiger partial charge >= 0.3 is 0 Å². The highest BCUT2D eigenvalue weighted by Crippen LogP contribution is 2.52. The fourth-order valence-corrected chi connectivity index (χ4v) is 9.37. The Hall–Kier alpha value is -3.82. The molecule has 15 heteroatoms. The van der Waals surface area contributed by atoms with Crippen LogP contribution in [-0.4, -0.2) is 72.0 Å². The molecular formula is C27H28F2N6O5S2. The van der Waals surface area contributed by atoms with Crippen LogP contribution in [0.3, 0.4) is 0 Å². The molecule has 2 N–H and O–H groups in total. The van der Waals surface area contributed by atoms with E-state index in [0.29, 0.717) is 11.1 Å². The monoisotopic (exact) mass is 618 g/mol. The summed E-state index contributed by atoms with van der Waals surface area (Å²) in [6.07, 6.45) is 3.38. The molecule has 1 fully saturated rings. The van der Waals surface area contributed by atoms with Crippen LogP contribution < -0.4 is 5.73 Å². The van der Waals surface area contributed by atoms with E-state index in [2.05, 4.69) is 15.0 Å². The van der Waals surface area contributed by atoms with Gasteiger partial charge in [0.15, 0.2) is 5.78 Å². The van der Waals surface area contributed by atoms with E-state index >= 15 is 4.39 Å². The molecule has 2 aliphatic heterocycles. The number of Topliss-reactive ketones (excluding diaryl/α,β-unsaturated/α-hetero) is 1. The third-order valence-corrected chi connectivity index (χ3v) is 12.4. The summed E-state index contributed by atoms with van der Waals surface area (Å²) < 4.78 is 83.8. The Kier molecular flexibility index (Phi) is 7.39. The van der Waals surface area contributed by atoms with E-state index < -0.39 is 66.0 Å². The molecule has 2 aliphatic rings. The first-order chi connectivity index (χ1) is 19.7. The average molecular weight is 619 g/mol. The molecule has 0 unspecified atom stereocenters. The van der Waals surface area contributed by atoms with Gasteiger partial charge in [-0.2, -0.15) is 4.31 Å². The average Bonchev–Trinajstić information content (AvgIpc) is 3.43. The summed E-state index contributed by atoms with van der Waals surface area (Å²) in [4.78, 5) is 25.0. The second-order valence-corrected chi connectivity index (χ2v) is 14.7. The highest BCUT2D eigenvalue weighted by atomic mass is 32.2. The second-order valence-electron chi connectivity index (χ2n) is 10.5. The first-order valence-corrected chi connectivity index (χ1v) is 15.9. The number of pyridine rings is 2. The predicted molar refractivity (Wildman–Crippen MR) is 150 cm³/mol. The zero-order chi connectivity index (χ0) is 30.5. The number of carbonyl (C=O) groups excluding carboxylic acids is 1. The number of ketones is 1. The molecule has 0 bridgehead atoms. The van der Waals surface area contributed by atoms with Crippen molar-refractivity contribution in [2.24, 2.45) is 10.7 Å². The Labute approximate surface area is 242 Å². The second kappa shape index (κ2) is 10.5.